The number of anilines is 1. The fourth-order valence-electron chi connectivity index (χ4n) is 1.47. The number of carbonyl (C=O) groups excluding carboxylic acids is 1. The summed E-state index contributed by atoms with van der Waals surface area (Å²) in [7, 11) is -3.80. The second kappa shape index (κ2) is 5.47. The first-order valence-electron chi connectivity index (χ1n) is 5.46. The maximum absolute atomic E-state index is 11.6. The zero-order valence-electron chi connectivity index (χ0n) is 10.3. The number of primary sulfonamides is 1. The Hall–Kier alpha value is -1.44. The second-order valence-corrected chi connectivity index (χ2v) is 5.51. The van der Waals surface area contributed by atoms with Crippen molar-refractivity contribution in [2.45, 2.75) is 31.2 Å². The fraction of sp³-hybridized carbons (Fsp3) is 0.364. The smallest absolute Gasteiger partial charge is 0.241 e. The molecule has 1 atom stereocenters. The Morgan fingerprint density at radius 1 is 1.44 bits per heavy atom. The van der Waals surface area contributed by atoms with E-state index in [0.29, 0.717) is 17.7 Å². The van der Waals surface area contributed by atoms with Crippen LogP contribution in [0.1, 0.15) is 18.9 Å². The van der Waals surface area contributed by atoms with E-state index < -0.39 is 16.1 Å². The lowest BCUT2D eigenvalue weighted by Gasteiger charge is -2.13. The van der Waals surface area contributed by atoms with Gasteiger partial charge in [-0.25, -0.2) is 13.6 Å². The van der Waals surface area contributed by atoms with Crippen molar-refractivity contribution in [1.82, 2.24) is 0 Å². The Morgan fingerprint density at radius 2 is 2.06 bits per heavy atom. The molecule has 5 N–H and O–H groups in total. The molecule has 0 aromatic heterocycles. The monoisotopic (exact) mass is 271 g/mol. The van der Waals surface area contributed by atoms with Crippen molar-refractivity contribution in [3.8, 4) is 0 Å². The summed E-state index contributed by atoms with van der Waals surface area (Å²) >= 11 is 0. The van der Waals surface area contributed by atoms with Gasteiger partial charge in [0.25, 0.3) is 0 Å². The quantitative estimate of drug-likeness (QED) is 0.731. The highest BCUT2D eigenvalue weighted by Gasteiger charge is 2.16. The maximum Gasteiger partial charge on any atom is 0.241 e. The summed E-state index contributed by atoms with van der Waals surface area (Å²) in [6, 6.07) is 3.88. The van der Waals surface area contributed by atoms with Crippen molar-refractivity contribution >= 4 is 21.6 Å². The molecule has 0 fully saturated rings. The van der Waals surface area contributed by atoms with E-state index in [-0.39, 0.29) is 10.8 Å². The summed E-state index contributed by atoms with van der Waals surface area (Å²) in [5, 5.41) is 7.67. The van der Waals surface area contributed by atoms with Crippen LogP contribution < -0.4 is 16.2 Å². The average molecular weight is 271 g/mol. The molecule has 18 heavy (non-hydrogen) atoms. The maximum atomic E-state index is 11.6. The average Bonchev–Trinajstić information content (AvgIpc) is 2.29. The molecule has 0 spiro atoms. The third-order valence-corrected chi connectivity index (χ3v) is 3.68. The molecule has 0 saturated heterocycles. The van der Waals surface area contributed by atoms with Gasteiger partial charge in [0.15, 0.2) is 0 Å². The van der Waals surface area contributed by atoms with Gasteiger partial charge in [-0.3, -0.25) is 4.79 Å². The van der Waals surface area contributed by atoms with E-state index in [4.69, 9.17) is 10.9 Å². The summed E-state index contributed by atoms with van der Waals surface area (Å²) in [5.41, 5.74) is 6.38. The zero-order chi connectivity index (χ0) is 13.9. The molecule has 1 amide bonds. The molecule has 1 unspecified atom stereocenters. The van der Waals surface area contributed by atoms with Crippen LogP contribution in [0.25, 0.3) is 0 Å². The van der Waals surface area contributed by atoms with Crippen LogP contribution in [0, 0.1) is 6.92 Å². The van der Waals surface area contributed by atoms with Crippen LogP contribution in [-0.4, -0.2) is 20.4 Å². The number of sulfonamides is 1. The van der Waals surface area contributed by atoms with E-state index >= 15 is 0 Å². The van der Waals surface area contributed by atoms with Gasteiger partial charge in [0, 0.05) is 5.69 Å². The van der Waals surface area contributed by atoms with E-state index in [1.54, 1.807) is 19.9 Å². The zero-order valence-corrected chi connectivity index (χ0v) is 11.1. The van der Waals surface area contributed by atoms with Gasteiger partial charge in [-0.1, -0.05) is 13.0 Å². The van der Waals surface area contributed by atoms with Crippen LogP contribution in [-0.2, 0) is 14.8 Å². The molecule has 7 heteroatoms. The van der Waals surface area contributed by atoms with Gasteiger partial charge in [0.1, 0.15) is 0 Å². The molecule has 100 valence electrons. The predicted molar refractivity (Wildman–Crippen MR) is 69.4 cm³/mol. The van der Waals surface area contributed by atoms with Crippen molar-refractivity contribution in [3.63, 3.8) is 0 Å². The molecule has 1 rings (SSSR count). The number of benzene rings is 1. The number of nitrogens with two attached hydrogens (primary N) is 2. The number of carbonyl (C=O) groups is 1. The minimum atomic E-state index is -3.80. The van der Waals surface area contributed by atoms with Crippen LogP contribution in [0.3, 0.4) is 0 Å². The van der Waals surface area contributed by atoms with Crippen molar-refractivity contribution in [1.29, 1.82) is 0 Å². The van der Waals surface area contributed by atoms with Gasteiger partial charge < -0.3 is 11.1 Å². The van der Waals surface area contributed by atoms with E-state index in [0.717, 1.165) is 0 Å². The lowest BCUT2D eigenvalue weighted by molar-refractivity contribution is -0.117. The minimum Gasteiger partial charge on any atom is -0.324 e. The first-order chi connectivity index (χ1) is 8.27. The van der Waals surface area contributed by atoms with Crippen LogP contribution >= 0.6 is 0 Å². The SMILES string of the molecule is CCC(N)C(=O)Nc1cccc(S(N)(=O)=O)c1C. The molecule has 0 heterocycles. The van der Waals surface area contributed by atoms with Crippen molar-refractivity contribution < 1.29 is 13.2 Å². The topological polar surface area (TPSA) is 115 Å². The van der Waals surface area contributed by atoms with Crippen LogP contribution in [0.5, 0.6) is 0 Å². The molecule has 0 radical (unpaired) electrons. The first-order valence-corrected chi connectivity index (χ1v) is 7.00. The van der Waals surface area contributed by atoms with Crippen LogP contribution in [0.4, 0.5) is 5.69 Å². The first kappa shape index (κ1) is 14.6. The molecule has 0 aliphatic carbocycles. The van der Waals surface area contributed by atoms with Gasteiger partial charge in [0.05, 0.1) is 10.9 Å². The molecule has 0 saturated carbocycles. The van der Waals surface area contributed by atoms with E-state index in [1.807, 2.05) is 0 Å². The van der Waals surface area contributed by atoms with Crippen molar-refractivity contribution in [3.05, 3.63) is 23.8 Å². The van der Waals surface area contributed by atoms with E-state index in [2.05, 4.69) is 5.32 Å². The molecule has 1 aromatic rings. The summed E-state index contributed by atoms with van der Waals surface area (Å²) in [5.74, 6) is -0.354. The summed E-state index contributed by atoms with van der Waals surface area (Å²) in [6.45, 7) is 3.37. The van der Waals surface area contributed by atoms with Crippen molar-refractivity contribution in [2.24, 2.45) is 10.9 Å². The number of nitrogens with one attached hydrogen (secondary N) is 1. The summed E-state index contributed by atoms with van der Waals surface area (Å²) < 4.78 is 22.6. The number of hydrogen-bond acceptors (Lipinski definition) is 4. The fourth-order valence-corrected chi connectivity index (χ4v) is 2.27. The highest BCUT2D eigenvalue weighted by atomic mass is 32.2. The number of rotatable bonds is 4. The highest BCUT2D eigenvalue weighted by Crippen LogP contribution is 2.22. The van der Waals surface area contributed by atoms with E-state index in [1.165, 1.54) is 12.1 Å². The van der Waals surface area contributed by atoms with Crippen molar-refractivity contribution in [2.75, 3.05) is 5.32 Å². The third-order valence-electron chi connectivity index (χ3n) is 2.63. The largest absolute Gasteiger partial charge is 0.324 e. The Bertz CT molecular complexity index is 555. The highest BCUT2D eigenvalue weighted by molar-refractivity contribution is 7.89. The van der Waals surface area contributed by atoms with Gasteiger partial charge in [-0.15, -0.1) is 0 Å². The lowest BCUT2D eigenvalue weighted by atomic mass is 10.1. The normalized spacial score (nSPS) is 13.1. The standard InChI is InChI=1S/C11H17N3O3S/c1-3-8(12)11(15)14-9-5-4-6-10(7(9)2)18(13,16)17/h4-6,8H,3,12H2,1-2H3,(H,14,15)(H2,13,16,17). The van der Waals surface area contributed by atoms with Gasteiger partial charge >= 0.3 is 0 Å². The molecular formula is C11H17N3O3S. The molecule has 0 aliphatic heterocycles. The Morgan fingerprint density at radius 3 is 2.56 bits per heavy atom. The Balaban J connectivity index is 3.10. The van der Waals surface area contributed by atoms with Gasteiger partial charge in [0.2, 0.25) is 15.9 Å². The Labute approximate surface area is 106 Å². The summed E-state index contributed by atoms with van der Waals surface area (Å²) in [4.78, 5) is 11.6. The van der Waals surface area contributed by atoms with Crippen LogP contribution in [0.15, 0.2) is 23.1 Å². The molecule has 0 bridgehead atoms. The lowest BCUT2D eigenvalue weighted by Crippen LogP contribution is -2.35. The van der Waals surface area contributed by atoms with Crippen LogP contribution in [0.2, 0.25) is 0 Å². The Kier molecular flexibility index (Phi) is 4.44. The molecule has 1 aromatic carbocycles. The number of hydrogen-bond donors (Lipinski definition) is 3. The molecule has 6 nitrogen and oxygen atoms in total. The second-order valence-electron chi connectivity index (χ2n) is 3.98. The third kappa shape index (κ3) is 3.28. The van der Waals surface area contributed by atoms with Gasteiger partial charge in [-0.2, -0.15) is 0 Å². The van der Waals surface area contributed by atoms with Gasteiger partial charge in [-0.05, 0) is 31.0 Å². The molecular weight excluding hydrogens is 254 g/mol. The minimum absolute atomic E-state index is 0.00892. The number of amides is 1. The summed E-state index contributed by atoms with van der Waals surface area (Å²) in [6.07, 6.45) is 0.500. The predicted octanol–water partition coefficient (Wildman–Crippen LogP) is 0.318. The van der Waals surface area contributed by atoms with E-state index in [9.17, 15) is 13.2 Å². The molecule has 0 aliphatic rings.